The fourth-order valence-corrected chi connectivity index (χ4v) is 5.06. The Kier molecular flexibility index (Phi) is 5.59. The third-order valence-electron chi connectivity index (χ3n) is 5.77. The third kappa shape index (κ3) is 4.48. The van der Waals surface area contributed by atoms with E-state index in [4.69, 9.17) is 10.3 Å². The Hall–Kier alpha value is -2.75. The number of aromatic nitrogens is 2. The van der Waals surface area contributed by atoms with Gasteiger partial charge in [0.1, 0.15) is 5.82 Å². The molecule has 0 amide bonds. The van der Waals surface area contributed by atoms with Gasteiger partial charge in [0.15, 0.2) is 5.76 Å². The van der Waals surface area contributed by atoms with E-state index in [-0.39, 0.29) is 11.4 Å². The first kappa shape index (κ1) is 21.5. The lowest BCUT2D eigenvalue weighted by atomic mass is 10.00. The number of pyridine rings is 1. The van der Waals surface area contributed by atoms with Crippen LogP contribution < -0.4 is 10.5 Å². The van der Waals surface area contributed by atoms with Crippen LogP contribution in [0.4, 0.5) is 5.82 Å². The molecule has 1 aromatic carbocycles. The molecule has 2 aromatic heterocycles. The van der Waals surface area contributed by atoms with E-state index in [1.165, 1.54) is 0 Å². The number of aryl methyl sites for hydroxylation is 2. The Bertz CT molecular complexity index is 1210. The molecule has 3 aromatic rings. The van der Waals surface area contributed by atoms with Crippen LogP contribution in [0.5, 0.6) is 0 Å². The maximum absolute atomic E-state index is 12.9. The summed E-state index contributed by atoms with van der Waals surface area (Å²) in [5.74, 6) is 0.796. The number of sulfonamides is 1. The van der Waals surface area contributed by atoms with Gasteiger partial charge >= 0.3 is 0 Å². The van der Waals surface area contributed by atoms with Crippen LogP contribution in [-0.2, 0) is 10.0 Å². The molecule has 0 bridgehead atoms. The molecule has 0 spiro atoms. The van der Waals surface area contributed by atoms with E-state index in [0.29, 0.717) is 41.1 Å². The second-order valence-corrected chi connectivity index (χ2v) is 9.99. The van der Waals surface area contributed by atoms with Gasteiger partial charge in [-0.2, -0.15) is 0 Å². The van der Waals surface area contributed by atoms with Gasteiger partial charge in [-0.3, -0.25) is 0 Å². The van der Waals surface area contributed by atoms with Crippen LogP contribution >= 0.6 is 0 Å². The van der Waals surface area contributed by atoms with Crippen molar-refractivity contribution in [2.24, 2.45) is 0 Å². The van der Waals surface area contributed by atoms with Crippen molar-refractivity contribution in [3.05, 3.63) is 47.8 Å². The predicted octanol–water partition coefficient (Wildman–Crippen LogP) is 3.19. The molecule has 1 fully saturated rings. The summed E-state index contributed by atoms with van der Waals surface area (Å²) in [7, 11) is -3.78. The van der Waals surface area contributed by atoms with Crippen LogP contribution in [0.1, 0.15) is 36.9 Å². The minimum atomic E-state index is -3.78. The molecule has 1 saturated carbocycles. The Morgan fingerprint density at radius 1 is 1.16 bits per heavy atom. The number of nitrogens with one attached hydrogen (secondary N) is 1. The minimum absolute atomic E-state index is 0.0109. The lowest BCUT2D eigenvalue weighted by molar-refractivity contribution is 0.0532. The van der Waals surface area contributed by atoms with Gasteiger partial charge in [0.25, 0.3) is 0 Å². The zero-order chi connectivity index (χ0) is 22.2. The maximum atomic E-state index is 12.9. The normalized spacial score (nSPS) is 16.0. The van der Waals surface area contributed by atoms with E-state index in [0.717, 1.165) is 24.1 Å². The summed E-state index contributed by atoms with van der Waals surface area (Å²) >= 11 is 0. The molecule has 9 heteroatoms. The minimum Gasteiger partial charge on any atom is -0.389 e. The van der Waals surface area contributed by atoms with Gasteiger partial charge in [-0.25, -0.2) is 18.1 Å². The standard InChI is InChI=1S/C22H26N4O4S/c1-14-5-6-17(31(28,29)25-13-22(27)7-3-4-8-22)11-18(14)16-10-19(21(23)24-12-16)20-9-15(2)26-30-20/h5-6,9-12,25,27H,3-4,7-8,13H2,1-2H3,(H2,23,24). The number of nitrogens with two attached hydrogens (primary N) is 1. The Morgan fingerprint density at radius 2 is 1.90 bits per heavy atom. The van der Waals surface area contributed by atoms with Crippen LogP contribution in [-0.4, -0.2) is 35.8 Å². The van der Waals surface area contributed by atoms with Gasteiger partial charge in [0.2, 0.25) is 10.0 Å². The maximum Gasteiger partial charge on any atom is 0.240 e. The molecule has 4 rings (SSSR count). The predicted molar refractivity (Wildman–Crippen MR) is 118 cm³/mol. The van der Waals surface area contributed by atoms with Crippen LogP contribution in [0.3, 0.4) is 0 Å². The van der Waals surface area contributed by atoms with Gasteiger partial charge in [0, 0.05) is 24.4 Å². The first-order chi connectivity index (χ1) is 14.7. The highest BCUT2D eigenvalue weighted by atomic mass is 32.2. The zero-order valence-corrected chi connectivity index (χ0v) is 18.4. The summed E-state index contributed by atoms with van der Waals surface area (Å²) in [6, 6.07) is 8.51. The molecule has 0 radical (unpaired) electrons. The zero-order valence-electron chi connectivity index (χ0n) is 17.6. The average Bonchev–Trinajstić information content (AvgIpc) is 3.36. The number of benzene rings is 1. The SMILES string of the molecule is Cc1cc(-c2cc(-c3cc(S(=O)(=O)NCC4(O)CCCC4)ccc3C)cnc2N)on1. The molecule has 1 aliphatic carbocycles. The van der Waals surface area contributed by atoms with Crippen molar-refractivity contribution in [2.75, 3.05) is 12.3 Å². The first-order valence-electron chi connectivity index (χ1n) is 10.2. The summed E-state index contributed by atoms with van der Waals surface area (Å²) in [5, 5.41) is 14.4. The molecule has 0 atom stereocenters. The molecular formula is C22H26N4O4S. The molecular weight excluding hydrogens is 416 g/mol. The van der Waals surface area contributed by atoms with E-state index in [9.17, 15) is 13.5 Å². The van der Waals surface area contributed by atoms with Crippen molar-refractivity contribution in [1.29, 1.82) is 0 Å². The van der Waals surface area contributed by atoms with Crippen LogP contribution in [0, 0.1) is 13.8 Å². The van der Waals surface area contributed by atoms with Crippen molar-refractivity contribution >= 4 is 15.8 Å². The van der Waals surface area contributed by atoms with E-state index in [1.807, 2.05) is 19.9 Å². The fourth-order valence-electron chi connectivity index (χ4n) is 3.91. The van der Waals surface area contributed by atoms with Gasteiger partial charge in [-0.05, 0) is 56.0 Å². The first-order valence-corrected chi connectivity index (χ1v) is 11.7. The lowest BCUT2D eigenvalue weighted by Gasteiger charge is -2.22. The molecule has 8 nitrogen and oxygen atoms in total. The Labute approximate surface area is 181 Å². The van der Waals surface area contributed by atoms with Gasteiger partial charge in [-0.1, -0.05) is 24.1 Å². The van der Waals surface area contributed by atoms with Crippen molar-refractivity contribution in [3.63, 3.8) is 0 Å². The summed E-state index contributed by atoms with van der Waals surface area (Å²) in [6.45, 7) is 3.72. The number of hydrogen-bond donors (Lipinski definition) is 3. The summed E-state index contributed by atoms with van der Waals surface area (Å²) in [4.78, 5) is 4.39. The van der Waals surface area contributed by atoms with Crippen molar-refractivity contribution in [3.8, 4) is 22.5 Å². The number of hydrogen-bond acceptors (Lipinski definition) is 7. The van der Waals surface area contributed by atoms with Gasteiger partial charge < -0.3 is 15.4 Å². The van der Waals surface area contributed by atoms with Gasteiger partial charge in [-0.15, -0.1) is 0 Å². The van der Waals surface area contributed by atoms with Crippen molar-refractivity contribution < 1.29 is 18.0 Å². The van der Waals surface area contributed by atoms with E-state index >= 15 is 0 Å². The molecule has 4 N–H and O–H groups in total. The third-order valence-corrected chi connectivity index (χ3v) is 7.17. The molecule has 0 saturated heterocycles. The highest BCUT2D eigenvalue weighted by molar-refractivity contribution is 7.89. The number of anilines is 1. The second-order valence-electron chi connectivity index (χ2n) is 8.22. The van der Waals surface area contributed by atoms with Crippen LogP contribution in [0.15, 0.2) is 45.9 Å². The average molecular weight is 443 g/mol. The highest BCUT2D eigenvalue weighted by Gasteiger charge is 2.32. The summed E-state index contributed by atoms with van der Waals surface area (Å²) in [5.41, 5.74) is 8.69. The topological polar surface area (TPSA) is 131 Å². The van der Waals surface area contributed by atoms with E-state index in [1.54, 1.807) is 30.5 Å². The van der Waals surface area contributed by atoms with Crippen molar-refractivity contribution in [2.45, 2.75) is 50.0 Å². The highest BCUT2D eigenvalue weighted by Crippen LogP contribution is 2.33. The quantitative estimate of drug-likeness (QED) is 0.534. The van der Waals surface area contributed by atoms with E-state index in [2.05, 4.69) is 14.9 Å². The van der Waals surface area contributed by atoms with Crippen LogP contribution in [0.2, 0.25) is 0 Å². The molecule has 31 heavy (non-hydrogen) atoms. The number of rotatable bonds is 6. The number of nitrogen functional groups attached to an aromatic ring is 1. The Balaban J connectivity index is 1.67. The van der Waals surface area contributed by atoms with Gasteiger partial charge in [0.05, 0.1) is 21.8 Å². The van der Waals surface area contributed by atoms with E-state index < -0.39 is 15.6 Å². The molecule has 164 valence electrons. The van der Waals surface area contributed by atoms with Crippen LogP contribution in [0.25, 0.3) is 22.5 Å². The van der Waals surface area contributed by atoms with Crippen molar-refractivity contribution in [1.82, 2.24) is 14.9 Å². The number of aliphatic hydroxyl groups is 1. The molecule has 0 unspecified atom stereocenters. The number of nitrogens with zero attached hydrogens (tertiary/aromatic N) is 2. The summed E-state index contributed by atoms with van der Waals surface area (Å²) < 4.78 is 33.7. The lowest BCUT2D eigenvalue weighted by Crippen LogP contribution is -2.40. The largest absolute Gasteiger partial charge is 0.389 e. The molecule has 2 heterocycles. The Morgan fingerprint density at radius 3 is 2.58 bits per heavy atom. The smallest absolute Gasteiger partial charge is 0.240 e. The summed E-state index contributed by atoms with van der Waals surface area (Å²) in [6.07, 6.45) is 4.63. The molecule has 1 aliphatic rings. The fraction of sp³-hybridized carbons (Fsp3) is 0.364. The molecule has 0 aliphatic heterocycles. The second kappa shape index (κ2) is 8.07. The monoisotopic (exact) mass is 442 g/mol.